The third-order valence-electron chi connectivity index (χ3n) is 3.99. The van der Waals surface area contributed by atoms with Crippen molar-refractivity contribution < 1.29 is 0 Å². The molecule has 1 N–H and O–H groups in total. The Bertz CT molecular complexity index is 373. The molecule has 18 heavy (non-hydrogen) atoms. The molecular weight excluding hydrogens is 220 g/mol. The lowest BCUT2D eigenvalue weighted by Gasteiger charge is -2.20. The highest BCUT2D eigenvalue weighted by atomic mass is 15.1. The predicted molar refractivity (Wildman–Crippen MR) is 80.4 cm³/mol. The van der Waals surface area contributed by atoms with Crippen LogP contribution in [0.15, 0.2) is 24.3 Å². The van der Waals surface area contributed by atoms with E-state index >= 15 is 0 Å². The molecule has 1 aliphatic carbocycles. The highest BCUT2D eigenvalue weighted by molar-refractivity contribution is 5.57. The SMILES string of the molecule is CC1CCCC(Nc2cccc(N(C)C)c2)CC1. The van der Waals surface area contributed by atoms with Gasteiger partial charge in [-0.2, -0.15) is 0 Å². The minimum absolute atomic E-state index is 0.660. The van der Waals surface area contributed by atoms with Gasteiger partial charge < -0.3 is 10.2 Å². The number of nitrogens with zero attached hydrogens (tertiary/aromatic N) is 1. The molecule has 1 aromatic carbocycles. The van der Waals surface area contributed by atoms with Crippen LogP contribution in [0.25, 0.3) is 0 Å². The fourth-order valence-corrected chi connectivity index (χ4v) is 2.74. The normalized spacial score (nSPS) is 24.4. The Morgan fingerprint density at radius 1 is 1.11 bits per heavy atom. The third-order valence-corrected chi connectivity index (χ3v) is 3.99. The number of hydrogen-bond donors (Lipinski definition) is 1. The first-order chi connectivity index (χ1) is 8.65. The first kappa shape index (κ1) is 13.3. The zero-order valence-electron chi connectivity index (χ0n) is 11.9. The van der Waals surface area contributed by atoms with Gasteiger partial charge in [0.2, 0.25) is 0 Å². The maximum Gasteiger partial charge on any atom is 0.0381 e. The molecule has 0 saturated heterocycles. The van der Waals surface area contributed by atoms with Crippen LogP contribution in [0.3, 0.4) is 0 Å². The van der Waals surface area contributed by atoms with E-state index in [1.807, 2.05) is 0 Å². The quantitative estimate of drug-likeness (QED) is 0.807. The molecule has 1 aromatic rings. The van der Waals surface area contributed by atoms with Gasteiger partial charge >= 0.3 is 0 Å². The average Bonchev–Trinajstić information content (AvgIpc) is 2.55. The molecule has 1 fully saturated rings. The second-order valence-electron chi connectivity index (χ2n) is 5.90. The van der Waals surface area contributed by atoms with Crippen LogP contribution >= 0.6 is 0 Å². The van der Waals surface area contributed by atoms with Crippen molar-refractivity contribution in [3.8, 4) is 0 Å². The van der Waals surface area contributed by atoms with Crippen LogP contribution in [0.2, 0.25) is 0 Å². The van der Waals surface area contributed by atoms with Gasteiger partial charge in [0.15, 0.2) is 0 Å². The van der Waals surface area contributed by atoms with Crippen molar-refractivity contribution in [1.29, 1.82) is 0 Å². The lowest BCUT2D eigenvalue weighted by molar-refractivity contribution is 0.502. The highest BCUT2D eigenvalue weighted by Crippen LogP contribution is 2.26. The molecule has 2 rings (SSSR count). The van der Waals surface area contributed by atoms with E-state index in [2.05, 4.69) is 55.5 Å². The number of benzene rings is 1. The largest absolute Gasteiger partial charge is 0.382 e. The van der Waals surface area contributed by atoms with E-state index in [-0.39, 0.29) is 0 Å². The Hall–Kier alpha value is -1.18. The molecule has 1 saturated carbocycles. The molecule has 2 heteroatoms. The number of hydrogen-bond acceptors (Lipinski definition) is 2. The van der Waals surface area contributed by atoms with Gasteiger partial charge in [0.25, 0.3) is 0 Å². The van der Waals surface area contributed by atoms with Gasteiger partial charge in [-0.05, 0) is 43.4 Å². The fourth-order valence-electron chi connectivity index (χ4n) is 2.74. The summed E-state index contributed by atoms with van der Waals surface area (Å²) in [6.45, 7) is 2.38. The Labute approximate surface area is 111 Å². The van der Waals surface area contributed by atoms with Gasteiger partial charge in [-0.1, -0.05) is 25.8 Å². The highest BCUT2D eigenvalue weighted by Gasteiger charge is 2.15. The third kappa shape index (κ3) is 3.66. The molecule has 0 aliphatic heterocycles. The van der Waals surface area contributed by atoms with Crippen LogP contribution in [-0.4, -0.2) is 20.1 Å². The van der Waals surface area contributed by atoms with Crippen molar-refractivity contribution in [3.05, 3.63) is 24.3 Å². The minimum Gasteiger partial charge on any atom is -0.382 e. The van der Waals surface area contributed by atoms with Crippen molar-refractivity contribution in [2.75, 3.05) is 24.3 Å². The van der Waals surface area contributed by atoms with Gasteiger partial charge in [-0.15, -0.1) is 0 Å². The maximum atomic E-state index is 3.71. The predicted octanol–water partition coefficient (Wildman–Crippen LogP) is 4.13. The average molecular weight is 246 g/mol. The van der Waals surface area contributed by atoms with Crippen LogP contribution < -0.4 is 10.2 Å². The molecule has 2 unspecified atom stereocenters. The summed E-state index contributed by atoms with van der Waals surface area (Å²) < 4.78 is 0. The molecular formula is C16H26N2. The Morgan fingerprint density at radius 3 is 2.72 bits per heavy atom. The molecule has 0 spiro atoms. The Kier molecular flexibility index (Phi) is 4.51. The summed E-state index contributed by atoms with van der Waals surface area (Å²) in [6, 6.07) is 9.37. The maximum absolute atomic E-state index is 3.71. The van der Waals surface area contributed by atoms with Crippen molar-refractivity contribution in [3.63, 3.8) is 0 Å². The van der Waals surface area contributed by atoms with Crippen molar-refractivity contribution in [1.82, 2.24) is 0 Å². The van der Waals surface area contributed by atoms with E-state index in [1.54, 1.807) is 0 Å². The van der Waals surface area contributed by atoms with E-state index in [0.29, 0.717) is 6.04 Å². The lowest BCUT2D eigenvalue weighted by Crippen LogP contribution is -2.18. The van der Waals surface area contributed by atoms with E-state index in [9.17, 15) is 0 Å². The summed E-state index contributed by atoms with van der Waals surface area (Å²) in [6.07, 6.45) is 6.76. The van der Waals surface area contributed by atoms with Gasteiger partial charge in [-0.3, -0.25) is 0 Å². The molecule has 0 heterocycles. The zero-order chi connectivity index (χ0) is 13.0. The minimum atomic E-state index is 0.660. The molecule has 0 amide bonds. The number of rotatable bonds is 3. The van der Waals surface area contributed by atoms with Crippen LogP contribution in [0.1, 0.15) is 39.0 Å². The van der Waals surface area contributed by atoms with E-state index < -0.39 is 0 Å². The van der Waals surface area contributed by atoms with Gasteiger partial charge in [0.05, 0.1) is 0 Å². The Balaban J connectivity index is 1.98. The molecule has 0 bridgehead atoms. The van der Waals surface area contributed by atoms with E-state index in [1.165, 1.54) is 43.5 Å². The van der Waals surface area contributed by atoms with Crippen molar-refractivity contribution in [2.24, 2.45) is 5.92 Å². The summed E-state index contributed by atoms with van der Waals surface area (Å²) in [7, 11) is 4.18. The molecule has 0 aromatic heterocycles. The molecule has 100 valence electrons. The monoisotopic (exact) mass is 246 g/mol. The van der Waals surface area contributed by atoms with Crippen LogP contribution in [-0.2, 0) is 0 Å². The number of nitrogens with one attached hydrogen (secondary N) is 1. The van der Waals surface area contributed by atoms with Gasteiger partial charge in [-0.25, -0.2) is 0 Å². The number of anilines is 2. The summed E-state index contributed by atoms with van der Waals surface area (Å²) in [5, 5.41) is 3.71. The molecule has 2 nitrogen and oxygen atoms in total. The molecule has 1 aliphatic rings. The molecule has 2 atom stereocenters. The van der Waals surface area contributed by atoms with Crippen LogP contribution in [0.4, 0.5) is 11.4 Å². The molecule has 0 radical (unpaired) electrons. The summed E-state index contributed by atoms with van der Waals surface area (Å²) in [5.41, 5.74) is 2.53. The van der Waals surface area contributed by atoms with Crippen molar-refractivity contribution in [2.45, 2.75) is 45.1 Å². The summed E-state index contributed by atoms with van der Waals surface area (Å²) >= 11 is 0. The van der Waals surface area contributed by atoms with Crippen LogP contribution in [0, 0.1) is 5.92 Å². The summed E-state index contributed by atoms with van der Waals surface area (Å²) in [5.74, 6) is 0.907. The first-order valence-corrected chi connectivity index (χ1v) is 7.19. The van der Waals surface area contributed by atoms with Crippen molar-refractivity contribution >= 4 is 11.4 Å². The summed E-state index contributed by atoms with van der Waals surface area (Å²) in [4.78, 5) is 2.15. The second-order valence-corrected chi connectivity index (χ2v) is 5.90. The van der Waals surface area contributed by atoms with Gasteiger partial charge in [0.1, 0.15) is 0 Å². The van der Waals surface area contributed by atoms with Crippen LogP contribution in [0.5, 0.6) is 0 Å². The Morgan fingerprint density at radius 2 is 1.94 bits per heavy atom. The standard InChI is InChI=1S/C16H26N2/c1-13-6-4-7-14(11-10-13)17-15-8-5-9-16(12-15)18(2)3/h5,8-9,12-14,17H,4,6-7,10-11H2,1-3H3. The topological polar surface area (TPSA) is 15.3 Å². The van der Waals surface area contributed by atoms with E-state index in [0.717, 1.165) is 5.92 Å². The lowest BCUT2D eigenvalue weighted by atomic mass is 10.0. The zero-order valence-corrected chi connectivity index (χ0v) is 11.9. The first-order valence-electron chi connectivity index (χ1n) is 7.19. The fraction of sp³-hybridized carbons (Fsp3) is 0.625. The second kappa shape index (κ2) is 6.12. The van der Waals surface area contributed by atoms with Gasteiger partial charge in [0, 0.05) is 31.5 Å². The van der Waals surface area contributed by atoms with E-state index in [4.69, 9.17) is 0 Å². The smallest absolute Gasteiger partial charge is 0.0381 e.